The Labute approximate surface area is 175 Å². The summed E-state index contributed by atoms with van der Waals surface area (Å²) in [6.07, 6.45) is 6.83. The van der Waals surface area contributed by atoms with Gasteiger partial charge in [0, 0.05) is 48.0 Å². The summed E-state index contributed by atoms with van der Waals surface area (Å²) in [5.74, 6) is 0. The predicted molar refractivity (Wildman–Crippen MR) is 118 cm³/mol. The Morgan fingerprint density at radius 2 is 2.10 bits per heavy atom. The minimum absolute atomic E-state index is 0.0762. The van der Waals surface area contributed by atoms with Gasteiger partial charge < -0.3 is 10.3 Å². The fraction of sp³-hybridized carbons (Fsp3) is 0.300. The highest BCUT2D eigenvalue weighted by atomic mass is 35.5. The molecule has 0 spiro atoms. The lowest BCUT2D eigenvalue weighted by molar-refractivity contribution is 0.600. The summed E-state index contributed by atoms with van der Waals surface area (Å²) < 4.78 is 28.3. The molecule has 3 N–H and O–H groups in total. The monoisotopic (exact) mass is 434 g/mol. The maximum Gasteiger partial charge on any atom is 0.250 e. The topological polar surface area (TPSA) is 107 Å². The van der Waals surface area contributed by atoms with Gasteiger partial charge in [0.25, 0.3) is 5.56 Å². The zero-order valence-electron chi connectivity index (χ0n) is 16.0. The lowest BCUT2D eigenvalue weighted by atomic mass is 10.1. The first-order chi connectivity index (χ1) is 13.8. The average molecular weight is 435 g/mol. The minimum Gasteiger partial charge on any atom is -0.404 e. The van der Waals surface area contributed by atoms with E-state index in [0.717, 1.165) is 6.42 Å². The first-order valence-corrected chi connectivity index (χ1v) is 11.2. The van der Waals surface area contributed by atoms with Gasteiger partial charge in [-0.3, -0.25) is 14.5 Å². The van der Waals surface area contributed by atoms with Crippen molar-refractivity contribution in [1.82, 2.24) is 4.57 Å². The number of anilines is 1. The number of allylic oxidation sites excluding steroid dienone is 1. The number of benzene rings is 1. The quantitative estimate of drug-likeness (QED) is 0.620. The molecule has 1 aliphatic rings. The number of hydrogen-bond acceptors (Lipinski definition) is 5. The van der Waals surface area contributed by atoms with Gasteiger partial charge in [-0.1, -0.05) is 24.6 Å². The van der Waals surface area contributed by atoms with E-state index in [1.54, 1.807) is 41.2 Å². The lowest BCUT2D eigenvalue weighted by Gasteiger charge is -2.10. The molecule has 1 aliphatic carbocycles. The van der Waals surface area contributed by atoms with Crippen molar-refractivity contribution in [2.24, 2.45) is 10.7 Å². The molecule has 0 amide bonds. The highest BCUT2D eigenvalue weighted by molar-refractivity contribution is 7.93. The van der Waals surface area contributed by atoms with Crippen molar-refractivity contribution in [3.05, 3.63) is 63.7 Å². The van der Waals surface area contributed by atoms with Crippen molar-refractivity contribution in [3.63, 3.8) is 0 Å². The van der Waals surface area contributed by atoms with E-state index in [9.17, 15) is 13.2 Å². The molecule has 0 aliphatic heterocycles. The third-order valence-electron chi connectivity index (χ3n) is 4.47. The third-order valence-corrected chi connectivity index (χ3v) is 6.65. The molecule has 1 heterocycles. The highest BCUT2D eigenvalue weighted by Crippen LogP contribution is 2.32. The Morgan fingerprint density at radius 3 is 2.72 bits per heavy atom. The molecule has 0 atom stereocenters. The summed E-state index contributed by atoms with van der Waals surface area (Å²) in [6, 6.07) is 7.99. The number of nitrogens with one attached hydrogen (secondary N) is 1. The molecule has 29 heavy (non-hydrogen) atoms. The van der Waals surface area contributed by atoms with Gasteiger partial charge in [-0.2, -0.15) is 0 Å². The Morgan fingerprint density at radius 1 is 1.34 bits per heavy atom. The fourth-order valence-electron chi connectivity index (χ4n) is 2.80. The van der Waals surface area contributed by atoms with Gasteiger partial charge in [-0.15, -0.1) is 0 Å². The summed E-state index contributed by atoms with van der Waals surface area (Å²) in [5.41, 5.74) is 7.88. The Kier molecular flexibility index (Phi) is 6.44. The van der Waals surface area contributed by atoms with E-state index < -0.39 is 10.0 Å². The van der Waals surface area contributed by atoms with Gasteiger partial charge in [-0.25, -0.2) is 8.42 Å². The first kappa shape index (κ1) is 21.1. The van der Waals surface area contributed by atoms with E-state index in [1.165, 1.54) is 12.3 Å². The second kappa shape index (κ2) is 8.84. The number of nitrogens with two attached hydrogens (primary N) is 1. The molecule has 0 unspecified atom stereocenters. The summed E-state index contributed by atoms with van der Waals surface area (Å²) in [7, 11) is -3.36. The molecule has 0 saturated heterocycles. The van der Waals surface area contributed by atoms with Crippen LogP contribution < -0.4 is 16.0 Å². The van der Waals surface area contributed by atoms with Crippen LogP contribution in [0.1, 0.15) is 31.7 Å². The van der Waals surface area contributed by atoms with Gasteiger partial charge >= 0.3 is 0 Å². The van der Waals surface area contributed by atoms with Crippen molar-refractivity contribution in [1.29, 1.82) is 0 Å². The van der Waals surface area contributed by atoms with Gasteiger partial charge in [-0.05, 0) is 37.5 Å². The number of aliphatic imine (C=N–C) groups is 1. The maximum absolute atomic E-state index is 12.1. The van der Waals surface area contributed by atoms with Gasteiger partial charge in [0.1, 0.15) is 0 Å². The second-order valence-corrected chi connectivity index (χ2v) is 9.21. The molecule has 3 rings (SSSR count). The molecule has 1 fully saturated rings. The summed E-state index contributed by atoms with van der Waals surface area (Å²) in [6.45, 7) is 2.61. The van der Waals surface area contributed by atoms with Crippen LogP contribution in [0.4, 0.5) is 11.4 Å². The molecule has 0 bridgehead atoms. The summed E-state index contributed by atoms with van der Waals surface area (Å²) in [4.78, 5) is 16.2. The van der Waals surface area contributed by atoms with E-state index in [0.29, 0.717) is 46.9 Å². The van der Waals surface area contributed by atoms with E-state index in [2.05, 4.69) is 9.71 Å². The molecule has 1 saturated carbocycles. The number of halogens is 1. The number of aryl methyl sites for hydroxylation is 1. The molecule has 154 valence electrons. The number of pyridine rings is 1. The van der Waals surface area contributed by atoms with E-state index in [1.807, 2.05) is 6.92 Å². The van der Waals surface area contributed by atoms with Crippen molar-refractivity contribution in [3.8, 4) is 0 Å². The lowest BCUT2D eigenvalue weighted by Crippen LogP contribution is -2.17. The Bertz CT molecular complexity index is 1120. The third kappa shape index (κ3) is 5.27. The first-order valence-electron chi connectivity index (χ1n) is 9.32. The van der Waals surface area contributed by atoms with Crippen molar-refractivity contribution in [2.75, 3.05) is 4.72 Å². The molecule has 7 nitrogen and oxygen atoms in total. The van der Waals surface area contributed by atoms with Crippen molar-refractivity contribution < 1.29 is 8.42 Å². The molecular formula is C20H23ClN4O3S. The smallest absolute Gasteiger partial charge is 0.250 e. The van der Waals surface area contributed by atoms with Crippen LogP contribution in [0.15, 0.2) is 52.5 Å². The van der Waals surface area contributed by atoms with Gasteiger partial charge in [0.15, 0.2) is 0 Å². The highest BCUT2D eigenvalue weighted by Gasteiger charge is 2.35. The fourth-order valence-corrected chi connectivity index (χ4v) is 4.46. The van der Waals surface area contributed by atoms with Crippen molar-refractivity contribution in [2.45, 2.75) is 38.0 Å². The number of nitrogens with zero attached hydrogens (tertiary/aromatic N) is 2. The van der Waals surface area contributed by atoms with E-state index in [4.69, 9.17) is 17.3 Å². The molecule has 1 aromatic heterocycles. The average Bonchev–Trinajstić information content (AvgIpc) is 3.52. The zero-order valence-corrected chi connectivity index (χ0v) is 17.6. The molecular weight excluding hydrogens is 412 g/mol. The normalized spacial score (nSPS) is 15.0. The van der Waals surface area contributed by atoms with Gasteiger partial charge in [0.05, 0.1) is 16.0 Å². The number of sulfonamides is 1. The minimum atomic E-state index is -3.36. The second-order valence-electron chi connectivity index (χ2n) is 6.84. The standard InChI is InChI=1S/C20H23ClN4O3S/c1-2-9-25-13-16(4-8-20(25)26)23-12-14(11-22)18-7-3-15(10-19(18)21)24-29(27,28)17-5-6-17/h3-4,7-8,10-13,17,24H,2,5-6,9,22H2,1H3. The zero-order chi connectivity index (χ0) is 21.0. The number of hydrogen-bond donors (Lipinski definition) is 2. The van der Waals surface area contributed by atoms with Crippen LogP contribution in [0.5, 0.6) is 0 Å². The predicted octanol–water partition coefficient (Wildman–Crippen LogP) is 3.52. The Hall–Kier alpha value is -2.58. The molecule has 0 radical (unpaired) electrons. The largest absolute Gasteiger partial charge is 0.404 e. The molecule has 2 aromatic rings. The summed E-state index contributed by atoms with van der Waals surface area (Å²) in [5, 5.41) is 0.0312. The van der Waals surface area contributed by atoms with Crippen LogP contribution in [0, 0.1) is 0 Å². The Balaban J connectivity index is 1.80. The molecule has 9 heteroatoms. The van der Waals surface area contributed by atoms with E-state index >= 15 is 0 Å². The molecule has 1 aromatic carbocycles. The van der Waals surface area contributed by atoms with E-state index in [-0.39, 0.29) is 10.8 Å². The van der Waals surface area contributed by atoms with Crippen LogP contribution >= 0.6 is 11.6 Å². The maximum atomic E-state index is 12.1. The van der Waals surface area contributed by atoms with Crippen LogP contribution in [0.25, 0.3) is 5.57 Å². The van der Waals surface area contributed by atoms with Crippen LogP contribution in [0.3, 0.4) is 0 Å². The number of aromatic nitrogens is 1. The summed E-state index contributed by atoms with van der Waals surface area (Å²) >= 11 is 6.36. The number of rotatable bonds is 8. The van der Waals surface area contributed by atoms with Crippen LogP contribution in [0.2, 0.25) is 5.02 Å². The SMILES string of the molecule is CCCn1cc(N=CC(=CN)c2ccc(NS(=O)(=O)C3CC3)cc2Cl)ccc1=O. The van der Waals surface area contributed by atoms with Gasteiger partial charge in [0.2, 0.25) is 10.0 Å². The van der Waals surface area contributed by atoms with Crippen LogP contribution in [-0.2, 0) is 16.6 Å². The van der Waals surface area contributed by atoms with Crippen LogP contribution in [-0.4, -0.2) is 24.4 Å². The van der Waals surface area contributed by atoms with Crippen molar-refractivity contribution >= 4 is 44.8 Å².